The fourth-order valence-electron chi connectivity index (χ4n) is 3.34. The highest BCUT2D eigenvalue weighted by Crippen LogP contribution is 2.48. The Morgan fingerprint density at radius 3 is 2.12 bits per heavy atom. The summed E-state index contributed by atoms with van der Waals surface area (Å²) in [5.74, 6) is 0. The van der Waals surface area contributed by atoms with Crippen LogP contribution in [0.1, 0.15) is 59.8 Å². The fourth-order valence-corrected chi connectivity index (χ4v) is 3.47. The maximum atomic E-state index is 10.7. The van der Waals surface area contributed by atoms with Crippen molar-refractivity contribution >= 4 is 17.4 Å². The first-order valence-corrected chi connectivity index (χ1v) is 7.03. The van der Waals surface area contributed by atoms with Crippen LogP contribution in [0.15, 0.2) is 4.99 Å². The van der Waals surface area contributed by atoms with Crippen LogP contribution >= 0.6 is 12.2 Å². The molecule has 0 radical (unpaired) electrons. The van der Waals surface area contributed by atoms with Crippen LogP contribution in [0.3, 0.4) is 0 Å². The third-order valence-corrected chi connectivity index (χ3v) is 4.92. The number of hydrogen-bond acceptors (Lipinski definition) is 4. The highest BCUT2D eigenvalue weighted by atomic mass is 32.1. The van der Waals surface area contributed by atoms with Gasteiger partial charge in [-0.3, -0.25) is 0 Å². The Balaban J connectivity index is 3.21. The summed E-state index contributed by atoms with van der Waals surface area (Å²) in [6.45, 7) is 8.48. The van der Waals surface area contributed by atoms with Gasteiger partial charge in [-0.2, -0.15) is 5.06 Å². The minimum absolute atomic E-state index is 0.0694. The van der Waals surface area contributed by atoms with Gasteiger partial charge in [-0.15, -0.1) is 0 Å². The van der Waals surface area contributed by atoms with Crippen LogP contribution in [-0.2, 0) is 0 Å². The van der Waals surface area contributed by atoms with Crippen LogP contribution < -0.4 is 0 Å². The Hall–Kier alpha value is -0.280. The molecule has 0 aromatic carbocycles. The van der Waals surface area contributed by atoms with Gasteiger partial charge in [0.05, 0.1) is 16.7 Å². The lowest BCUT2D eigenvalue weighted by atomic mass is 9.85. The molecule has 1 saturated heterocycles. The molecule has 98 valence electrons. The van der Waals surface area contributed by atoms with E-state index in [4.69, 9.17) is 12.2 Å². The van der Waals surface area contributed by atoms with Crippen LogP contribution in [0.2, 0.25) is 0 Å². The average molecular weight is 256 g/mol. The summed E-state index contributed by atoms with van der Waals surface area (Å²) in [6.07, 6.45) is 4.51. The molecule has 1 aliphatic rings. The molecule has 1 N–H and O–H groups in total. The minimum atomic E-state index is -0.266. The second-order valence-corrected chi connectivity index (χ2v) is 5.18. The normalized spacial score (nSPS) is 26.8. The van der Waals surface area contributed by atoms with Crippen molar-refractivity contribution in [1.29, 1.82) is 0 Å². The summed E-state index contributed by atoms with van der Waals surface area (Å²) < 4.78 is 0. The van der Waals surface area contributed by atoms with E-state index >= 15 is 0 Å². The van der Waals surface area contributed by atoms with Crippen molar-refractivity contribution in [2.75, 3.05) is 0 Å². The van der Waals surface area contributed by atoms with Crippen molar-refractivity contribution in [2.24, 2.45) is 4.99 Å². The number of rotatable bonds is 5. The van der Waals surface area contributed by atoms with E-state index in [1.807, 2.05) is 0 Å². The smallest absolute Gasteiger partial charge is 0.0827 e. The van der Waals surface area contributed by atoms with Gasteiger partial charge in [-0.25, -0.2) is 4.99 Å². The minimum Gasteiger partial charge on any atom is -0.313 e. The Kier molecular flexibility index (Phi) is 4.85. The molecule has 1 fully saturated rings. The molecule has 0 saturated carbocycles. The third-order valence-electron chi connectivity index (χ3n) is 4.81. The highest BCUT2D eigenvalue weighted by Gasteiger charge is 2.57. The molecule has 1 aliphatic heterocycles. The maximum absolute atomic E-state index is 10.7. The fraction of sp³-hybridized carbons (Fsp3) is 0.923. The molecule has 1 atom stereocenters. The van der Waals surface area contributed by atoms with Gasteiger partial charge in [0.1, 0.15) is 0 Å². The summed E-state index contributed by atoms with van der Waals surface area (Å²) in [5.41, 5.74) is -0.413. The van der Waals surface area contributed by atoms with E-state index in [2.05, 4.69) is 37.8 Å². The lowest BCUT2D eigenvalue weighted by molar-refractivity contribution is -0.217. The van der Waals surface area contributed by atoms with Gasteiger partial charge in [0.2, 0.25) is 0 Å². The highest BCUT2D eigenvalue weighted by molar-refractivity contribution is 7.78. The van der Waals surface area contributed by atoms with E-state index in [1.165, 1.54) is 0 Å². The van der Waals surface area contributed by atoms with Crippen molar-refractivity contribution < 1.29 is 5.21 Å². The van der Waals surface area contributed by atoms with Gasteiger partial charge in [-0.1, -0.05) is 27.7 Å². The SMILES string of the molecule is CCC1(CC)CC(N=C=S)C(CC)(CC)N1O. The van der Waals surface area contributed by atoms with Gasteiger partial charge < -0.3 is 5.21 Å². The van der Waals surface area contributed by atoms with E-state index < -0.39 is 0 Å². The largest absolute Gasteiger partial charge is 0.313 e. The lowest BCUT2D eigenvalue weighted by Crippen LogP contribution is -2.53. The molecule has 1 unspecified atom stereocenters. The zero-order valence-corrected chi connectivity index (χ0v) is 12.2. The van der Waals surface area contributed by atoms with Gasteiger partial charge >= 0.3 is 0 Å². The molecule has 17 heavy (non-hydrogen) atoms. The number of aliphatic imine (C=N–C) groups is 1. The molecule has 0 aromatic heterocycles. The number of hydrogen-bond donors (Lipinski definition) is 1. The molecule has 1 heterocycles. The molecule has 0 amide bonds. The van der Waals surface area contributed by atoms with Gasteiger partial charge in [0.15, 0.2) is 0 Å². The maximum Gasteiger partial charge on any atom is 0.0827 e. The number of hydroxylamine groups is 2. The van der Waals surface area contributed by atoms with Crippen molar-refractivity contribution in [3.8, 4) is 0 Å². The average Bonchev–Trinajstić information content (AvgIpc) is 2.60. The Bertz CT molecular complexity index is 305. The van der Waals surface area contributed by atoms with E-state index in [0.717, 1.165) is 32.1 Å². The van der Waals surface area contributed by atoms with Crippen LogP contribution in [0.25, 0.3) is 0 Å². The van der Waals surface area contributed by atoms with Crippen LogP contribution in [0.5, 0.6) is 0 Å². The molecular formula is C13H24N2OS. The molecule has 0 bridgehead atoms. The number of nitrogens with zero attached hydrogens (tertiary/aromatic N) is 2. The zero-order valence-electron chi connectivity index (χ0n) is 11.4. The topological polar surface area (TPSA) is 35.8 Å². The van der Waals surface area contributed by atoms with Crippen molar-refractivity contribution in [3.63, 3.8) is 0 Å². The van der Waals surface area contributed by atoms with Crippen molar-refractivity contribution in [1.82, 2.24) is 5.06 Å². The van der Waals surface area contributed by atoms with Gasteiger partial charge in [0.25, 0.3) is 0 Å². The third kappa shape index (κ3) is 2.08. The number of thiocarbonyl (C=S) groups is 1. The zero-order chi connectivity index (χ0) is 13.1. The number of isothiocyanates is 1. The van der Waals surface area contributed by atoms with Crippen molar-refractivity contribution in [3.05, 3.63) is 0 Å². The lowest BCUT2D eigenvalue weighted by Gasteiger charge is -2.42. The summed E-state index contributed by atoms with van der Waals surface area (Å²) >= 11 is 4.76. The van der Waals surface area contributed by atoms with Crippen molar-refractivity contribution in [2.45, 2.75) is 76.9 Å². The predicted molar refractivity (Wildman–Crippen MR) is 73.7 cm³/mol. The first-order chi connectivity index (χ1) is 8.06. The molecule has 3 nitrogen and oxygen atoms in total. The van der Waals surface area contributed by atoms with Crippen LogP contribution in [0, 0.1) is 0 Å². The quantitative estimate of drug-likeness (QED) is 0.602. The Morgan fingerprint density at radius 2 is 1.76 bits per heavy atom. The van der Waals surface area contributed by atoms with Crippen LogP contribution in [0.4, 0.5) is 0 Å². The summed E-state index contributed by atoms with van der Waals surface area (Å²) in [7, 11) is 0. The summed E-state index contributed by atoms with van der Waals surface area (Å²) in [6, 6.07) is 0.0694. The molecule has 0 aliphatic carbocycles. The molecule has 4 heteroatoms. The van der Waals surface area contributed by atoms with E-state index in [1.54, 1.807) is 5.06 Å². The first kappa shape index (κ1) is 14.8. The van der Waals surface area contributed by atoms with Gasteiger partial charge in [-0.05, 0) is 44.3 Å². The molecule has 0 aromatic rings. The first-order valence-electron chi connectivity index (χ1n) is 6.63. The second-order valence-electron chi connectivity index (χ2n) is 4.99. The van der Waals surface area contributed by atoms with E-state index in [9.17, 15) is 5.21 Å². The van der Waals surface area contributed by atoms with Crippen LogP contribution in [-0.4, -0.2) is 32.6 Å². The molecular weight excluding hydrogens is 232 g/mol. The monoisotopic (exact) mass is 256 g/mol. The standard InChI is InChI=1S/C13H24N2OS/c1-5-12(6-2)9-11(14-10-17)13(7-3,8-4)15(12)16/h11,16H,5-9H2,1-4H3. The Labute approximate surface area is 110 Å². The Morgan fingerprint density at radius 1 is 1.24 bits per heavy atom. The predicted octanol–water partition coefficient (Wildman–Crippen LogP) is 3.67. The summed E-state index contributed by atoms with van der Waals surface area (Å²) in [4.78, 5) is 4.32. The summed E-state index contributed by atoms with van der Waals surface area (Å²) in [5, 5.41) is 14.8. The molecule has 0 spiro atoms. The van der Waals surface area contributed by atoms with E-state index in [0.29, 0.717) is 0 Å². The van der Waals surface area contributed by atoms with Gasteiger partial charge in [0, 0.05) is 5.54 Å². The van der Waals surface area contributed by atoms with E-state index in [-0.39, 0.29) is 17.1 Å². The second kappa shape index (κ2) is 5.57. The molecule has 1 rings (SSSR count).